The summed E-state index contributed by atoms with van der Waals surface area (Å²) in [4.78, 5) is 9.67. The van der Waals surface area contributed by atoms with Crippen LogP contribution in [0.15, 0.2) is 58.5 Å². The molecule has 0 N–H and O–H groups in total. The minimum absolute atomic E-state index is 0.455. The van der Waals surface area contributed by atoms with Gasteiger partial charge in [0.25, 0.3) is 0 Å². The van der Waals surface area contributed by atoms with Crippen molar-refractivity contribution in [1.82, 2.24) is 0 Å². The molecular formula is C22H28N2. The molecule has 0 saturated carbocycles. The van der Waals surface area contributed by atoms with Crippen molar-refractivity contribution in [3.8, 4) is 0 Å². The van der Waals surface area contributed by atoms with Crippen molar-refractivity contribution in [3.63, 3.8) is 0 Å². The Kier molecular flexibility index (Phi) is 6.08. The van der Waals surface area contributed by atoms with E-state index in [1.54, 1.807) is 0 Å². The highest BCUT2D eigenvalue weighted by Gasteiger charge is 2.08. The molecule has 2 heteroatoms. The zero-order valence-corrected chi connectivity index (χ0v) is 15.7. The van der Waals surface area contributed by atoms with Crippen molar-refractivity contribution < 1.29 is 0 Å². The molecule has 0 atom stereocenters. The fourth-order valence-electron chi connectivity index (χ4n) is 2.68. The van der Waals surface area contributed by atoms with Gasteiger partial charge in [-0.1, -0.05) is 64.1 Å². The molecule has 0 heterocycles. The maximum absolute atomic E-state index is 4.84. The van der Waals surface area contributed by atoms with Crippen molar-refractivity contribution in [2.75, 3.05) is 0 Å². The molecule has 0 aliphatic rings. The van der Waals surface area contributed by atoms with Gasteiger partial charge in [-0.05, 0) is 48.9 Å². The summed E-state index contributed by atoms with van der Waals surface area (Å²) >= 11 is 0. The third-order valence-electron chi connectivity index (χ3n) is 4.22. The minimum atomic E-state index is 0.455. The minimum Gasteiger partial charge on any atom is -0.252 e. The molecular weight excluding hydrogens is 292 g/mol. The first kappa shape index (κ1) is 18.1. The van der Waals surface area contributed by atoms with Crippen LogP contribution >= 0.6 is 0 Å². The summed E-state index contributed by atoms with van der Waals surface area (Å²) in [6.45, 7) is 12.9. The summed E-state index contributed by atoms with van der Waals surface area (Å²) < 4.78 is 0. The topological polar surface area (TPSA) is 24.7 Å². The largest absolute Gasteiger partial charge is 0.252 e. The van der Waals surface area contributed by atoms with Crippen molar-refractivity contribution in [2.45, 2.75) is 53.4 Å². The Bertz CT molecular complexity index is 687. The summed E-state index contributed by atoms with van der Waals surface area (Å²) in [5.74, 6) is 0.910. The Morgan fingerprint density at radius 1 is 0.625 bits per heavy atom. The van der Waals surface area contributed by atoms with E-state index in [0.717, 1.165) is 22.8 Å². The molecule has 0 spiro atoms. The van der Waals surface area contributed by atoms with Crippen LogP contribution in [0.4, 0.5) is 11.4 Å². The molecule has 0 bridgehead atoms. The van der Waals surface area contributed by atoms with E-state index in [2.05, 4.69) is 64.1 Å². The van der Waals surface area contributed by atoms with Gasteiger partial charge >= 0.3 is 0 Å². The van der Waals surface area contributed by atoms with Crippen molar-refractivity contribution in [1.29, 1.82) is 0 Å². The molecule has 0 aromatic heterocycles. The van der Waals surface area contributed by atoms with Crippen molar-refractivity contribution >= 4 is 22.8 Å². The van der Waals surface area contributed by atoms with Gasteiger partial charge in [-0.25, -0.2) is 0 Å². The van der Waals surface area contributed by atoms with Crippen LogP contribution in [0, 0.1) is 0 Å². The zero-order chi connectivity index (χ0) is 17.7. The SMILES string of the molecule is CC(=N\c1ccccc1C(C)C)/C(C)=N/c1ccccc1C(C)C. The van der Waals surface area contributed by atoms with E-state index in [4.69, 9.17) is 9.98 Å². The van der Waals surface area contributed by atoms with E-state index < -0.39 is 0 Å². The number of hydrogen-bond donors (Lipinski definition) is 0. The van der Waals surface area contributed by atoms with E-state index in [-0.39, 0.29) is 0 Å². The van der Waals surface area contributed by atoms with Gasteiger partial charge in [0.2, 0.25) is 0 Å². The van der Waals surface area contributed by atoms with Crippen molar-refractivity contribution in [2.24, 2.45) is 9.98 Å². The van der Waals surface area contributed by atoms with Gasteiger partial charge in [0, 0.05) is 0 Å². The lowest BCUT2D eigenvalue weighted by molar-refractivity contribution is 0.866. The van der Waals surface area contributed by atoms with Crippen LogP contribution in [0.5, 0.6) is 0 Å². The first-order valence-electron chi connectivity index (χ1n) is 8.69. The highest BCUT2D eigenvalue weighted by molar-refractivity contribution is 6.41. The zero-order valence-electron chi connectivity index (χ0n) is 15.7. The normalized spacial score (nSPS) is 13.0. The van der Waals surface area contributed by atoms with E-state index in [0.29, 0.717) is 11.8 Å². The van der Waals surface area contributed by atoms with Crippen LogP contribution in [-0.2, 0) is 0 Å². The predicted octanol–water partition coefficient (Wildman–Crippen LogP) is 6.82. The molecule has 2 aromatic rings. The molecule has 24 heavy (non-hydrogen) atoms. The van der Waals surface area contributed by atoms with E-state index >= 15 is 0 Å². The number of rotatable bonds is 5. The summed E-state index contributed by atoms with van der Waals surface area (Å²) in [7, 11) is 0. The van der Waals surface area contributed by atoms with Crippen LogP contribution in [0.3, 0.4) is 0 Å². The summed E-state index contributed by atoms with van der Waals surface area (Å²) in [5.41, 5.74) is 6.54. The third kappa shape index (κ3) is 4.41. The molecule has 0 amide bonds. The van der Waals surface area contributed by atoms with Gasteiger partial charge in [0.1, 0.15) is 0 Å². The monoisotopic (exact) mass is 320 g/mol. The van der Waals surface area contributed by atoms with Gasteiger partial charge in [-0.2, -0.15) is 0 Å². The van der Waals surface area contributed by atoms with Gasteiger partial charge < -0.3 is 0 Å². The fraction of sp³-hybridized carbons (Fsp3) is 0.364. The van der Waals surface area contributed by atoms with Crippen LogP contribution in [0.2, 0.25) is 0 Å². The van der Waals surface area contributed by atoms with Crippen LogP contribution in [0.25, 0.3) is 0 Å². The summed E-state index contributed by atoms with van der Waals surface area (Å²) in [6, 6.07) is 16.7. The van der Waals surface area contributed by atoms with Crippen LogP contribution in [-0.4, -0.2) is 11.4 Å². The van der Waals surface area contributed by atoms with E-state index in [9.17, 15) is 0 Å². The highest BCUT2D eigenvalue weighted by Crippen LogP contribution is 2.28. The van der Waals surface area contributed by atoms with Crippen molar-refractivity contribution in [3.05, 3.63) is 59.7 Å². The fourth-order valence-corrected chi connectivity index (χ4v) is 2.68. The standard InChI is InChI=1S/C22H28N2/c1-15(2)19-11-7-9-13-21(19)23-17(5)18(6)24-22-14-10-8-12-20(22)16(3)4/h7-16H,1-6H3/b23-17+,24-18+. The molecule has 0 aliphatic carbocycles. The van der Waals surface area contributed by atoms with Gasteiger partial charge in [0.15, 0.2) is 0 Å². The molecule has 0 saturated heterocycles. The summed E-state index contributed by atoms with van der Waals surface area (Å²) in [6.07, 6.45) is 0. The summed E-state index contributed by atoms with van der Waals surface area (Å²) in [5, 5.41) is 0. The lowest BCUT2D eigenvalue weighted by atomic mass is 10.0. The average Bonchev–Trinajstić information content (AvgIpc) is 2.55. The van der Waals surface area contributed by atoms with Gasteiger partial charge in [-0.15, -0.1) is 0 Å². The molecule has 2 aromatic carbocycles. The number of hydrogen-bond acceptors (Lipinski definition) is 2. The second-order valence-electron chi connectivity index (χ2n) is 6.82. The van der Waals surface area contributed by atoms with Gasteiger partial charge in [0.05, 0.1) is 22.8 Å². The number of nitrogens with zero attached hydrogens (tertiary/aromatic N) is 2. The second kappa shape index (κ2) is 8.05. The quantitative estimate of drug-likeness (QED) is 0.540. The van der Waals surface area contributed by atoms with Crippen LogP contribution in [0.1, 0.15) is 64.5 Å². The Morgan fingerprint density at radius 3 is 1.29 bits per heavy atom. The lowest BCUT2D eigenvalue weighted by Gasteiger charge is -2.11. The lowest BCUT2D eigenvalue weighted by Crippen LogP contribution is -2.05. The number of benzene rings is 2. The van der Waals surface area contributed by atoms with E-state index in [1.807, 2.05) is 26.0 Å². The molecule has 126 valence electrons. The molecule has 0 fully saturated rings. The van der Waals surface area contributed by atoms with Crippen LogP contribution < -0.4 is 0 Å². The second-order valence-corrected chi connectivity index (χ2v) is 6.82. The Balaban J connectivity index is 2.38. The smallest absolute Gasteiger partial charge is 0.0668 e. The maximum atomic E-state index is 4.84. The molecule has 2 nitrogen and oxygen atoms in total. The molecule has 0 radical (unpaired) electrons. The number of para-hydroxylation sites is 2. The molecule has 0 aliphatic heterocycles. The Morgan fingerprint density at radius 2 is 0.958 bits per heavy atom. The Hall–Kier alpha value is -2.22. The molecule has 0 unspecified atom stereocenters. The van der Waals surface area contributed by atoms with Gasteiger partial charge in [-0.3, -0.25) is 9.98 Å². The average molecular weight is 320 g/mol. The maximum Gasteiger partial charge on any atom is 0.0668 e. The number of aliphatic imine (C=N–C) groups is 2. The Labute approximate surface area is 146 Å². The molecule has 2 rings (SSSR count). The predicted molar refractivity (Wildman–Crippen MR) is 107 cm³/mol. The van der Waals surface area contributed by atoms with E-state index in [1.165, 1.54) is 11.1 Å². The first-order chi connectivity index (χ1) is 11.4. The third-order valence-corrected chi connectivity index (χ3v) is 4.22. The first-order valence-corrected chi connectivity index (χ1v) is 8.69. The highest BCUT2D eigenvalue weighted by atomic mass is 14.8.